The molecule has 0 radical (unpaired) electrons. The number of nitrogens with zero attached hydrogens (tertiary/aromatic N) is 7. The number of benzene rings is 1. The van der Waals surface area contributed by atoms with Gasteiger partial charge in [0.15, 0.2) is 0 Å². The maximum atomic E-state index is 12.2. The number of carbonyl (C=O) groups excluding carboxylic acids is 1. The van der Waals surface area contributed by atoms with Crippen LogP contribution in [0.1, 0.15) is 49.4 Å². The number of hydrogen-bond donors (Lipinski definition) is 1. The molecule has 2 aromatic heterocycles. The summed E-state index contributed by atoms with van der Waals surface area (Å²) in [6.07, 6.45) is 6.51. The molecule has 0 saturated carbocycles. The SMILES string of the molecule is C=CC(=O)N1CCN(c2nc(OCC3CCCN3C)nc3c2CCN(c2c(C(C)C)ccc4[nH]ncc24)C3)CC1. The van der Waals surface area contributed by atoms with E-state index in [2.05, 4.69) is 64.5 Å². The van der Waals surface area contributed by atoms with Crippen LogP contribution in [0.15, 0.2) is 31.0 Å². The summed E-state index contributed by atoms with van der Waals surface area (Å²) in [4.78, 5) is 31.1. The summed E-state index contributed by atoms with van der Waals surface area (Å²) in [6.45, 7) is 14.1. The van der Waals surface area contributed by atoms with Gasteiger partial charge in [-0.05, 0) is 56.5 Å². The van der Waals surface area contributed by atoms with Gasteiger partial charge in [-0.25, -0.2) is 0 Å². The number of rotatable bonds is 7. The van der Waals surface area contributed by atoms with Crippen LogP contribution in [-0.4, -0.2) is 94.8 Å². The largest absolute Gasteiger partial charge is 0.462 e. The van der Waals surface area contributed by atoms with Crippen molar-refractivity contribution >= 4 is 28.3 Å². The van der Waals surface area contributed by atoms with Crippen molar-refractivity contribution in [1.82, 2.24) is 30.0 Å². The molecule has 40 heavy (non-hydrogen) atoms. The van der Waals surface area contributed by atoms with E-state index in [0.29, 0.717) is 44.2 Å². The molecule has 6 rings (SSSR count). The molecule has 10 heteroatoms. The second-order valence-corrected chi connectivity index (χ2v) is 11.5. The average molecular weight is 545 g/mol. The van der Waals surface area contributed by atoms with E-state index in [1.54, 1.807) is 0 Å². The van der Waals surface area contributed by atoms with Crippen LogP contribution < -0.4 is 14.5 Å². The summed E-state index contributed by atoms with van der Waals surface area (Å²) in [5.41, 5.74) is 5.81. The quantitative estimate of drug-likeness (QED) is 0.453. The Morgan fingerprint density at radius 3 is 2.70 bits per heavy atom. The lowest BCUT2D eigenvalue weighted by molar-refractivity contribution is -0.126. The van der Waals surface area contributed by atoms with Gasteiger partial charge in [0.25, 0.3) is 0 Å². The molecule has 10 nitrogen and oxygen atoms in total. The third-order valence-electron chi connectivity index (χ3n) is 8.73. The predicted molar refractivity (Wildman–Crippen MR) is 157 cm³/mol. The third kappa shape index (κ3) is 5.00. The number of likely N-dealkylation sites (N-methyl/N-ethyl adjacent to an activating group) is 1. The molecule has 2 saturated heterocycles. The molecule has 1 atom stereocenters. The molecule has 212 valence electrons. The fourth-order valence-corrected chi connectivity index (χ4v) is 6.37. The number of H-pyrrole nitrogens is 1. The summed E-state index contributed by atoms with van der Waals surface area (Å²) in [7, 11) is 2.16. The number of piperazine rings is 1. The van der Waals surface area contributed by atoms with E-state index < -0.39 is 0 Å². The summed E-state index contributed by atoms with van der Waals surface area (Å²) in [5, 5.41) is 8.63. The highest BCUT2D eigenvalue weighted by molar-refractivity contribution is 5.94. The molecule has 1 N–H and O–H groups in total. The summed E-state index contributed by atoms with van der Waals surface area (Å²) in [5.74, 6) is 1.32. The molecule has 5 heterocycles. The van der Waals surface area contributed by atoms with Gasteiger partial charge in [0.05, 0.1) is 29.6 Å². The fourth-order valence-electron chi connectivity index (χ4n) is 6.37. The Morgan fingerprint density at radius 2 is 1.98 bits per heavy atom. The van der Waals surface area contributed by atoms with Gasteiger partial charge >= 0.3 is 6.01 Å². The van der Waals surface area contributed by atoms with Gasteiger partial charge in [-0.3, -0.25) is 9.89 Å². The Kier molecular flexibility index (Phi) is 7.35. The van der Waals surface area contributed by atoms with E-state index in [0.717, 1.165) is 61.4 Å². The van der Waals surface area contributed by atoms with Crippen LogP contribution >= 0.6 is 0 Å². The van der Waals surface area contributed by atoms with Crippen molar-refractivity contribution in [2.75, 3.05) is 62.7 Å². The first-order chi connectivity index (χ1) is 19.4. The Bertz CT molecular complexity index is 1390. The molecule has 3 aliphatic rings. The predicted octanol–water partition coefficient (Wildman–Crippen LogP) is 3.35. The van der Waals surface area contributed by atoms with Crippen LogP contribution in [0.5, 0.6) is 6.01 Å². The molecule has 0 spiro atoms. The van der Waals surface area contributed by atoms with E-state index in [1.165, 1.54) is 29.3 Å². The van der Waals surface area contributed by atoms with E-state index in [4.69, 9.17) is 14.7 Å². The minimum atomic E-state index is -0.0147. The normalized spacial score (nSPS) is 19.9. The van der Waals surface area contributed by atoms with E-state index in [9.17, 15) is 4.79 Å². The number of carbonyl (C=O) groups is 1. The van der Waals surface area contributed by atoms with Gasteiger partial charge in [-0.2, -0.15) is 15.1 Å². The van der Waals surface area contributed by atoms with Gasteiger partial charge in [-0.15, -0.1) is 0 Å². The molecule has 3 aromatic rings. The zero-order valence-corrected chi connectivity index (χ0v) is 23.9. The monoisotopic (exact) mass is 544 g/mol. The van der Waals surface area contributed by atoms with Crippen molar-refractivity contribution in [2.45, 2.75) is 51.6 Å². The number of hydrogen-bond acceptors (Lipinski definition) is 8. The fraction of sp³-hybridized carbons (Fsp3) is 0.533. The molecule has 2 fully saturated rings. The number of fused-ring (bicyclic) bond motifs is 2. The summed E-state index contributed by atoms with van der Waals surface area (Å²) >= 11 is 0. The second-order valence-electron chi connectivity index (χ2n) is 11.5. The lowest BCUT2D eigenvalue weighted by Gasteiger charge is -2.38. The van der Waals surface area contributed by atoms with Crippen LogP contribution in [-0.2, 0) is 17.8 Å². The molecule has 1 aromatic carbocycles. The molecule has 3 aliphatic heterocycles. The minimum Gasteiger partial charge on any atom is -0.462 e. The Morgan fingerprint density at radius 1 is 1.15 bits per heavy atom. The number of ether oxygens (including phenoxy) is 1. The Balaban J connectivity index is 1.33. The van der Waals surface area contributed by atoms with Crippen LogP contribution in [0.4, 0.5) is 11.5 Å². The van der Waals surface area contributed by atoms with Gasteiger partial charge in [-0.1, -0.05) is 26.5 Å². The highest BCUT2D eigenvalue weighted by atomic mass is 16.5. The lowest BCUT2D eigenvalue weighted by atomic mass is 9.96. The molecule has 0 bridgehead atoms. The first-order valence-electron chi connectivity index (χ1n) is 14.5. The first kappa shape index (κ1) is 26.6. The van der Waals surface area contributed by atoms with E-state index >= 15 is 0 Å². The van der Waals surface area contributed by atoms with Gasteiger partial charge in [0, 0.05) is 49.7 Å². The molecular formula is C30H40N8O2. The Labute approximate surface area is 236 Å². The van der Waals surface area contributed by atoms with Crippen LogP contribution in [0.2, 0.25) is 0 Å². The highest BCUT2D eigenvalue weighted by Crippen LogP contribution is 2.38. The Hall–Kier alpha value is -3.66. The number of aromatic nitrogens is 4. The third-order valence-corrected chi connectivity index (χ3v) is 8.73. The van der Waals surface area contributed by atoms with Crippen molar-refractivity contribution in [3.8, 4) is 6.01 Å². The number of nitrogens with one attached hydrogen (secondary N) is 1. The summed E-state index contributed by atoms with van der Waals surface area (Å²) in [6, 6.07) is 5.19. The summed E-state index contributed by atoms with van der Waals surface area (Å²) < 4.78 is 6.29. The molecule has 1 unspecified atom stereocenters. The van der Waals surface area contributed by atoms with Gasteiger partial charge < -0.3 is 24.3 Å². The smallest absolute Gasteiger partial charge is 0.318 e. The molecule has 1 amide bonds. The molecular weight excluding hydrogens is 504 g/mol. The second kappa shape index (κ2) is 11.1. The number of anilines is 2. The number of amides is 1. The maximum Gasteiger partial charge on any atom is 0.318 e. The maximum absolute atomic E-state index is 12.2. The zero-order valence-electron chi connectivity index (χ0n) is 23.9. The standard InChI is InChI=1S/C30H40N8O2/c1-5-27(39)36-13-15-37(16-14-36)29-23-10-12-38(28-22(20(2)3)8-9-25-24(28)17-31-34-25)18-26(23)32-30(33-29)40-19-21-7-6-11-35(21)4/h5,8-9,17,20-21H,1,6-7,10-16,18-19H2,2-4H3,(H,31,34). The van der Waals surface area contributed by atoms with Crippen molar-refractivity contribution in [1.29, 1.82) is 0 Å². The van der Waals surface area contributed by atoms with Crippen LogP contribution in [0.25, 0.3) is 10.9 Å². The van der Waals surface area contributed by atoms with Crippen molar-refractivity contribution in [3.05, 3.63) is 47.8 Å². The molecule has 0 aliphatic carbocycles. The van der Waals surface area contributed by atoms with Crippen molar-refractivity contribution in [2.24, 2.45) is 0 Å². The van der Waals surface area contributed by atoms with E-state index in [1.807, 2.05) is 11.1 Å². The number of aromatic amines is 1. The minimum absolute atomic E-state index is 0.0147. The first-order valence-corrected chi connectivity index (χ1v) is 14.5. The lowest BCUT2D eigenvalue weighted by Crippen LogP contribution is -2.49. The van der Waals surface area contributed by atoms with Gasteiger partial charge in [0.2, 0.25) is 5.91 Å². The average Bonchev–Trinajstić information content (AvgIpc) is 3.63. The van der Waals surface area contributed by atoms with Gasteiger partial charge in [0.1, 0.15) is 12.4 Å². The number of likely N-dealkylation sites (tertiary alicyclic amines) is 1. The van der Waals surface area contributed by atoms with Crippen LogP contribution in [0, 0.1) is 0 Å². The van der Waals surface area contributed by atoms with Crippen molar-refractivity contribution in [3.63, 3.8) is 0 Å². The van der Waals surface area contributed by atoms with Crippen LogP contribution in [0.3, 0.4) is 0 Å². The van der Waals surface area contributed by atoms with Crippen molar-refractivity contribution < 1.29 is 9.53 Å². The zero-order chi connectivity index (χ0) is 27.8. The van der Waals surface area contributed by atoms with E-state index in [-0.39, 0.29) is 5.91 Å². The topological polar surface area (TPSA) is 93.7 Å². The highest BCUT2D eigenvalue weighted by Gasteiger charge is 2.30.